The molecular weight excluding hydrogens is 182 g/mol. The molecule has 1 rings (SSSR count). The van der Waals surface area contributed by atoms with Crippen molar-refractivity contribution < 1.29 is 10.0 Å². The minimum atomic E-state index is -0.433. The standard InChI is InChI=1S/C10H13NO3/c1-3-7-5-9(11(13)14)6-8(4-2)10(7)12/h5-6,12H,3-4H2,1-2H3. The summed E-state index contributed by atoms with van der Waals surface area (Å²) in [6.07, 6.45) is 1.20. The van der Waals surface area contributed by atoms with Crippen molar-refractivity contribution in [2.45, 2.75) is 26.7 Å². The molecule has 0 radical (unpaired) electrons. The summed E-state index contributed by atoms with van der Waals surface area (Å²) in [6.45, 7) is 3.72. The Kier molecular flexibility index (Phi) is 3.06. The SMILES string of the molecule is CCc1cc([N+](=O)[O-])cc(CC)c1O. The van der Waals surface area contributed by atoms with E-state index >= 15 is 0 Å². The lowest BCUT2D eigenvalue weighted by Crippen LogP contribution is -1.94. The molecule has 0 atom stereocenters. The van der Waals surface area contributed by atoms with Crippen molar-refractivity contribution in [1.29, 1.82) is 0 Å². The van der Waals surface area contributed by atoms with E-state index in [1.54, 1.807) is 0 Å². The van der Waals surface area contributed by atoms with Crippen LogP contribution in [0.25, 0.3) is 0 Å². The van der Waals surface area contributed by atoms with E-state index in [0.717, 1.165) is 0 Å². The van der Waals surface area contributed by atoms with Gasteiger partial charge in [0, 0.05) is 23.3 Å². The molecule has 0 saturated heterocycles. The molecule has 0 spiro atoms. The number of hydrogen-bond acceptors (Lipinski definition) is 3. The van der Waals surface area contributed by atoms with E-state index in [-0.39, 0.29) is 11.4 Å². The Labute approximate surface area is 82.3 Å². The lowest BCUT2D eigenvalue weighted by atomic mass is 10.0. The van der Waals surface area contributed by atoms with E-state index < -0.39 is 4.92 Å². The van der Waals surface area contributed by atoms with Crippen molar-refractivity contribution in [1.82, 2.24) is 0 Å². The fourth-order valence-corrected chi connectivity index (χ4v) is 1.39. The van der Waals surface area contributed by atoms with Gasteiger partial charge in [0.2, 0.25) is 0 Å². The van der Waals surface area contributed by atoms with E-state index in [4.69, 9.17) is 0 Å². The maximum absolute atomic E-state index is 10.6. The zero-order valence-electron chi connectivity index (χ0n) is 8.28. The average Bonchev–Trinajstić information content (AvgIpc) is 2.17. The molecular formula is C10H13NO3. The number of non-ortho nitro benzene ring substituents is 1. The molecule has 0 aliphatic heterocycles. The van der Waals surface area contributed by atoms with Gasteiger partial charge < -0.3 is 5.11 Å². The molecule has 76 valence electrons. The van der Waals surface area contributed by atoms with Crippen LogP contribution >= 0.6 is 0 Å². The summed E-state index contributed by atoms with van der Waals surface area (Å²) in [5, 5.41) is 20.2. The number of hydrogen-bond donors (Lipinski definition) is 1. The van der Waals surface area contributed by atoms with E-state index in [1.807, 2.05) is 13.8 Å². The van der Waals surface area contributed by atoms with Crippen LogP contribution < -0.4 is 0 Å². The Morgan fingerprint density at radius 3 is 2.00 bits per heavy atom. The van der Waals surface area contributed by atoms with Crippen molar-refractivity contribution in [3.63, 3.8) is 0 Å². The smallest absolute Gasteiger partial charge is 0.270 e. The molecule has 4 nitrogen and oxygen atoms in total. The first-order chi connectivity index (χ1) is 6.60. The van der Waals surface area contributed by atoms with E-state index in [1.165, 1.54) is 12.1 Å². The lowest BCUT2D eigenvalue weighted by molar-refractivity contribution is -0.385. The summed E-state index contributed by atoms with van der Waals surface area (Å²) in [5.41, 5.74) is 1.32. The van der Waals surface area contributed by atoms with Crippen molar-refractivity contribution in [3.05, 3.63) is 33.4 Å². The Balaban J connectivity index is 3.32. The van der Waals surface area contributed by atoms with Gasteiger partial charge in [-0.1, -0.05) is 13.8 Å². The molecule has 0 aliphatic carbocycles. The zero-order valence-corrected chi connectivity index (χ0v) is 8.28. The molecule has 0 saturated carbocycles. The summed E-state index contributed by atoms with van der Waals surface area (Å²) < 4.78 is 0. The summed E-state index contributed by atoms with van der Waals surface area (Å²) in [4.78, 5) is 10.1. The maximum Gasteiger partial charge on any atom is 0.270 e. The van der Waals surface area contributed by atoms with Crippen molar-refractivity contribution in [2.75, 3.05) is 0 Å². The van der Waals surface area contributed by atoms with Crippen LogP contribution in [0.4, 0.5) is 5.69 Å². The van der Waals surface area contributed by atoms with Crippen LogP contribution in [-0.4, -0.2) is 10.0 Å². The summed E-state index contributed by atoms with van der Waals surface area (Å²) in [7, 11) is 0. The van der Waals surface area contributed by atoms with Gasteiger partial charge in [0.25, 0.3) is 5.69 Å². The van der Waals surface area contributed by atoms with Gasteiger partial charge in [-0.15, -0.1) is 0 Å². The van der Waals surface area contributed by atoms with Gasteiger partial charge in [0.05, 0.1) is 4.92 Å². The number of aromatic hydroxyl groups is 1. The van der Waals surface area contributed by atoms with Crippen molar-refractivity contribution in [2.24, 2.45) is 0 Å². The second-order valence-electron chi connectivity index (χ2n) is 3.08. The van der Waals surface area contributed by atoms with Gasteiger partial charge in [-0.2, -0.15) is 0 Å². The Bertz CT molecular complexity index is 335. The molecule has 0 unspecified atom stereocenters. The van der Waals surface area contributed by atoms with E-state index in [2.05, 4.69) is 0 Å². The molecule has 1 aromatic rings. The molecule has 0 bridgehead atoms. The minimum Gasteiger partial charge on any atom is -0.507 e. The highest BCUT2D eigenvalue weighted by atomic mass is 16.6. The Morgan fingerprint density at radius 1 is 1.29 bits per heavy atom. The molecule has 0 aromatic heterocycles. The molecule has 1 N–H and O–H groups in total. The molecule has 0 heterocycles. The van der Waals surface area contributed by atoms with Crippen LogP contribution in [0.1, 0.15) is 25.0 Å². The number of phenols is 1. The minimum absolute atomic E-state index is 0.0523. The molecule has 4 heteroatoms. The number of phenolic OH excluding ortho intramolecular Hbond substituents is 1. The number of aryl methyl sites for hydroxylation is 2. The molecule has 1 aromatic carbocycles. The van der Waals surface area contributed by atoms with Gasteiger partial charge in [0.15, 0.2) is 0 Å². The van der Waals surface area contributed by atoms with Gasteiger partial charge in [-0.25, -0.2) is 0 Å². The van der Waals surface area contributed by atoms with Crippen LogP contribution in [0.15, 0.2) is 12.1 Å². The first-order valence-electron chi connectivity index (χ1n) is 4.59. The normalized spacial score (nSPS) is 10.1. The van der Waals surface area contributed by atoms with Crippen LogP contribution in [0.3, 0.4) is 0 Å². The average molecular weight is 195 g/mol. The topological polar surface area (TPSA) is 63.4 Å². The number of nitro groups is 1. The van der Waals surface area contributed by atoms with Crippen molar-refractivity contribution in [3.8, 4) is 5.75 Å². The van der Waals surface area contributed by atoms with Gasteiger partial charge >= 0.3 is 0 Å². The summed E-state index contributed by atoms with van der Waals surface area (Å²) in [6, 6.07) is 2.85. The van der Waals surface area contributed by atoms with Crippen LogP contribution in [0, 0.1) is 10.1 Å². The summed E-state index contributed by atoms with van der Waals surface area (Å²) in [5.74, 6) is 0.195. The lowest BCUT2D eigenvalue weighted by Gasteiger charge is -2.06. The molecule has 0 aliphatic rings. The number of rotatable bonds is 3. The third-order valence-corrected chi connectivity index (χ3v) is 2.23. The van der Waals surface area contributed by atoms with Gasteiger partial charge in [-0.3, -0.25) is 10.1 Å². The second kappa shape index (κ2) is 4.09. The predicted molar refractivity (Wildman–Crippen MR) is 53.5 cm³/mol. The van der Waals surface area contributed by atoms with E-state index in [0.29, 0.717) is 24.0 Å². The quantitative estimate of drug-likeness (QED) is 0.595. The third-order valence-electron chi connectivity index (χ3n) is 2.23. The van der Waals surface area contributed by atoms with Crippen LogP contribution in [-0.2, 0) is 12.8 Å². The highest BCUT2D eigenvalue weighted by molar-refractivity contribution is 5.49. The third kappa shape index (κ3) is 1.84. The number of nitrogens with zero attached hydrogens (tertiary/aromatic N) is 1. The fraction of sp³-hybridized carbons (Fsp3) is 0.400. The largest absolute Gasteiger partial charge is 0.507 e. The first-order valence-corrected chi connectivity index (χ1v) is 4.59. The monoisotopic (exact) mass is 195 g/mol. The molecule has 14 heavy (non-hydrogen) atoms. The Hall–Kier alpha value is -1.58. The van der Waals surface area contributed by atoms with Crippen LogP contribution in [0.5, 0.6) is 5.75 Å². The van der Waals surface area contributed by atoms with Gasteiger partial charge in [0.1, 0.15) is 5.75 Å². The first kappa shape index (κ1) is 10.5. The second-order valence-corrected chi connectivity index (χ2v) is 3.08. The molecule has 0 amide bonds. The highest BCUT2D eigenvalue weighted by Crippen LogP contribution is 2.28. The van der Waals surface area contributed by atoms with E-state index in [9.17, 15) is 15.2 Å². The molecule has 0 fully saturated rings. The number of nitro benzene ring substituents is 1. The highest BCUT2D eigenvalue weighted by Gasteiger charge is 2.13. The predicted octanol–water partition coefficient (Wildman–Crippen LogP) is 2.43. The maximum atomic E-state index is 10.6. The Morgan fingerprint density at radius 2 is 1.71 bits per heavy atom. The van der Waals surface area contributed by atoms with Gasteiger partial charge in [-0.05, 0) is 12.8 Å². The summed E-state index contributed by atoms with van der Waals surface area (Å²) >= 11 is 0. The van der Waals surface area contributed by atoms with Crippen molar-refractivity contribution >= 4 is 5.69 Å². The zero-order chi connectivity index (χ0) is 10.7. The number of benzene rings is 1. The fourth-order valence-electron chi connectivity index (χ4n) is 1.39. The van der Waals surface area contributed by atoms with Crippen LogP contribution in [0.2, 0.25) is 0 Å².